The zero-order valence-corrected chi connectivity index (χ0v) is 18.8. The van der Waals surface area contributed by atoms with Crippen LogP contribution >= 0.6 is 0 Å². The third-order valence-electron chi connectivity index (χ3n) is 6.13. The number of rotatable bonds is 8. The number of pyridine rings is 1. The van der Waals surface area contributed by atoms with E-state index in [4.69, 9.17) is 14.5 Å². The number of fused-ring (bicyclic) bond motifs is 1. The van der Waals surface area contributed by atoms with Gasteiger partial charge < -0.3 is 18.9 Å². The number of morpholine rings is 1. The van der Waals surface area contributed by atoms with Crippen LogP contribution in [-0.2, 0) is 16.0 Å². The molecule has 2 aromatic heterocycles. The molecule has 1 N–H and O–H groups in total. The van der Waals surface area contributed by atoms with E-state index in [1.165, 1.54) is 18.4 Å². The van der Waals surface area contributed by atoms with E-state index in [9.17, 15) is 0 Å². The van der Waals surface area contributed by atoms with E-state index in [0.717, 1.165) is 47.1 Å². The molecule has 0 spiro atoms. The smallest absolute Gasteiger partial charge is 0.164 e. The van der Waals surface area contributed by atoms with Gasteiger partial charge in [-0.25, -0.2) is 9.97 Å². The molecule has 8 heteroatoms. The Bertz CT molecular complexity index is 1110. The van der Waals surface area contributed by atoms with Crippen molar-refractivity contribution in [2.45, 2.75) is 32.2 Å². The molecule has 5 rings (SSSR count). The van der Waals surface area contributed by atoms with Crippen LogP contribution < -0.4 is 10.3 Å². The van der Waals surface area contributed by atoms with Crippen LogP contribution in [0.25, 0.3) is 11.2 Å². The van der Waals surface area contributed by atoms with Crippen LogP contribution in [0.15, 0.2) is 41.8 Å². The summed E-state index contributed by atoms with van der Waals surface area (Å²) in [5.41, 5.74) is 9.47. The zero-order chi connectivity index (χ0) is 21.9. The fourth-order valence-corrected chi connectivity index (χ4v) is 4.11. The van der Waals surface area contributed by atoms with Gasteiger partial charge in [-0.3, -0.25) is 5.43 Å². The normalized spacial score (nSPS) is 17.2. The highest BCUT2D eigenvalue weighted by Crippen LogP contribution is 2.40. The molecule has 0 unspecified atom stereocenters. The van der Waals surface area contributed by atoms with Crippen LogP contribution in [0.5, 0.6) is 0 Å². The molecule has 0 radical (unpaired) electrons. The fraction of sp³-hybridized carbons (Fsp3) is 0.458. The summed E-state index contributed by atoms with van der Waals surface area (Å²) >= 11 is 0. The number of methoxy groups -OCH3 is 1. The molecule has 32 heavy (non-hydrogen) atoms. The SMILES string of the molecule is COCCn1cnc2c(N3CCOCC3)cc(N/N=C(\C)c3cccc(C4CC4)c3)nc21. The monoisotopic (exact) mass is 434 g/mol. The Morgan fingerprint density at radius 2 is 2.09 bits per heavy atom. The molecule has 0 bridgehead atoms. The maximum atomic E-state index is 5.54. The zero-order valence-electron chi connectivity index (χ0n) is 18.8. The third kappa shape index (κ3) is 4.47. The molecular formula is C24H30N6O2. The van der Waals surface area contributed by atoms with Crippen molar-refractivity contribution in [3.63, 3.8) is 0 Å². The first kappa shape index (κ1) is 20.9. The molecule has 1 aliphatic heterocycles. The topological polar surface area (TPSA) is 76.8 Å². The van der Waals surface area contributed by atoms with Crippen LogP contribution in [0.1, 0.15) is 36.8 Å². The Hall–Kier alpha value is -2.97. The van der Waals surface area contributed by atoms with Crippen molar-refractivity contribution < 1.29 is 9.47 Å². The minimum Gasteiger partial charge on any atom is -0.383 e. The molecule has 8 nitrogen and oxygen atoms in total. The average Bonchev–Trinajstić information content (AvgIpc) is 3.62. The van der Waals surface area contributed by atoms with E-state index in [-0.39, 0.29) is 0 Å². The van der Waals surface area contributed by atoms with Crippen molar-refractivity contribution in [3.05, 3.63) is 47.8 Å². The van der Waals surface area contributed by atoms with E-state index in [1.54, 1.807) is 7.11 Å². The summed E-state index contributed by atoms with van der Waals surface area (Å²) in [5.74, 6) is 1.43. The first-order valence-corrected chi connectivity index (χ1v) is 11.3. The summed E-state index contributed by atoms with van der Waals surface area (Å²) in [6, 6.07) is 10.7. The summed E-state index contributed by atoms with van der Waals surface area (Å²) in [6.07, 6.45) is 4.42. The quantitative estimate of drug-likeness (QED) is 0.431. The van der Waals surface area contributed by atoms with Crippen molar-refractivity contribution in [2.24, 2.45) is 5.10 Å². The first-order valence-electron chi connectivity index (χ1n) is 11.3. The number of benzene rings is 1. The van der Waals surface area contributed by atoms with E-state index < -0.39 is 0 Å². The van der Waals surface area contributed by atoms with E-state index in [1.807, 2.05) is 23.9 Å². The number of nitrogens with zero attached hydrogens (tertiary/aromatic N) is 5. The summed E-state index contributed by atoms with van der Waals surface area (Å²) in [7, 11) is 1.70. The van der Waals surface area contributed by atoms with Gasteiger partial charge in [-0.15, -0.1) is 0 Å². The number of aromatic nitrogens is 3. The molecule has 2 aliphatic rings. The molecule has 3 aromatic rings. The van der Waals surface area contributed by atoms with Gasteiger partial charge >= 0.3 is 0 Å². The number of nitrogens with one attached hydrogen (secondary N) is 1. The van der Waals surface area contributed by atoms with Crippen LogP contribution in [0.2, 0.25) is 0 Å². The third-order valence-corrected chi connectivity index (χ3v) is 6.13. The van der Waals surface area contributed by atoms with Crippen LogP contribution in [0.4, 0.5) is 11.5 Å². The number of ether oxygens (including phenoxy) is 2. The maximum Gasteiger partial charge on any atom is 0.164 e. The molecule has 168 valence electrons. The second-order valence-corrected chi connectivity index (χ2v) is 8.44. The lowest BCUT2D eigenvalue weighted by atomic mass is 10.0. The van der Waals surface area contributed by atoms with Crippen molar-refractivity contribution in [2.75, 3.05) is 50.3 Å². The Morgan fingerprint density at radius 3 is 2.88 bits per heavy atom. The largest absolute Gasteiger partial charge is 0.383 e. The Labute approximate surface area is 188 Å². The van der Waals surface area contributed by atoms with E-state index in [0.29, 0.717) is 32.2 Å². The number of anilines is 2. The van der Waals surface area contributed by atoms with Crippen LogP contribution in [-0.4, -0.2) is 60.3 Å². The van der Waals surface area contributed by atoms with Gasteiger partial charge in [-0.2, -0.15) is 5.10 Å². The number of hydrogen-bond acceptors (Lipinski definition) is 7. The standard InChI is InChI=1S/C24H30N6O2/c1-17(19-4-3-5-20(14-19)18-6-7-18)27-28-22-15-21(29-9-12-32-13-10-29)23-24(26-22)30(16-25-23)8-11-31-2/h3-5,14-16,18H,6-13H2,1-2H3,(H,26,28)/b27-17+. The lowest BCUT2D eigenvalue weighted by Crippen LogP contribution is -2.36. The highest BCUT2D eigenvalue weighted by molar-refractivity contribution is 5.99. The van der Waals surface area contributed by atoms with E-state index in [2.05, 4.69) is 44.7 Å². The molecule has 1 saturated carbocycles. The van der Waals surface area contributed by atoms with Gasteiger partial charge in [0, 0.05) is 32.8 Å². The second kappa shape index (κ2) is 9.26. The molecule has 0 amide bonds. The van der Waals surface area contributed by atoms with Crippen molar-refractivity contribution in [3.8, 4) is 0 Å². The highest BCUT2D eigenvalue weighted by atomic mass is 16.5. The Balaban J connectivity index is 1.45. The second-order valence-electron chi connectivity index (χ2n) is 8.44. The van der Waals surface area contributed by atoms with Crippen LogP contribution in [0.3, 0.4) is 0 Å². The van der Waals surface area contributed by atoms with Crippen molar-refractivity contribution in [1.29, 1.82) is 0 Å². The molecule has 0 atom stereocenters. The first-order chi connectivity index (χ1) is 15.7. The molecular weight excluding hydrogens is 404 g/mol. The maximum absolute atomic E-state index is 5.54. The molecule has 1 aliphatic carbocycles. The van der Waals surface area contributed by atoms with Gasteiger partial charge in [0.2, 0.25) is 0 Å². The molecule has 2 fully saturated rings. The van der Waals surface area contributed by atoms with E-state index >= 15 is 0 Å². The predicted octanol–water partition coefficient (Wildman–Crippen LogP) is 3.63. The highest BCUT2D eigenvalue weighted by Gasteiger charge is 2.23. The van der Waals surface area contributed by atoms with Gasteiger partial charge in [-0.1, -0.05) is 18.2 Å². The van der Waals surface area contributed by atoms with Gasteiger partial charge in [0.05, 0.1) is 37.5 Å². The molecule has 3 heterocycles. The minimum absolute atomic E-state index is 0.603. The summed E-state index contributed by atoms with van der Waals surface area (Å²) in [4.78, 5) is 11.8. The molecule has 1 aromatic carbocycles. The predicted molar refractivity (Wildman–Crippen MR) is 127 cm³/mol. The van der Waals surface area contributed by atoms with Crippen molar-refractivity contribution >= 4 is 28.4 Å². The number of imidazole rings is 1. The summed E-state index contributed by atoms with van der Waals surface area (Å²) < 4.78 is 12.8. The number of hydrogen-bond donors (Lipinski definition) is 1. The lowest BCUT2D eigenvalue weighted by Gasteiger charge is -2.29. The number of hydrazone groups is 1. The Morgan fingerprint density at radius 1 is 1.25 bits per heavy atom. The summed E-state index contributed by atoms with van der Waals surface area (Å²) in [6.45, 7) is 6.42. The van der Waals surface area contributed by atoms with Gasteiger partial charge in [0.25, 0.3) is 0 Å². The average molecular weight is 435 g/mol. The van der Waals surface area contributed by atoms with Gasteiger partial charge in [0.15, 0.2) is 11.5 Å². The summed E-state index contributed by atoms with van der Waals surface area (Å²) in [5, 5.41) is 4.66. The van der Waals surface area contributed by atoms with Gasteiger partial charge in [-0.05, 0) is 42.9 Å². The van der Waals surface area contributed by atoms with Crippen molar-refractivity contribution in [1.82, 2.24) is 14.5 Å². The fourth-order valence-electron chi connectivity index (χ4n) is 4.11. The molecule has 1 saturated heterocycles. The lowest BCUT2D eigenvalue weighted by molar-refractivity contribution is 0.123. The minimum atomic E-state index is 0.603. The van der Waals surface area contributed by atoms with Gasteiger partial charge in [0.1, 0.15) is 5.52 Å². The Kier molecular flexibility index (Phi) is 6.05. The van der Waals surface area contributed by atoms with Crippen LogP contribution in [0, 0.1) is 0 Å².